The van der Waals surface area contributed by atoms with Crippen LogP contribution in [0.4, 0.5) is 5.69 Å². The van der Waals surface area contributed by atoms with Crippen LogP contribution in [0.2, 0.25) is 5.02 Å². The molecule has 4 saturated carbocycles. The molecule has 6 nitrogen and oxygen atoms in total. The van der Waals surface area contributed by atoms with Crippen molar-refractivity contribution in [2.45, 2.75) is 37.7 Å². The Morgan fingerprint density at radius 1 is 1.27 bits per heavy atom. The van der Waals surface area contributed by atoms with Gasteiger partial charge < -0.3 is 10.1 Å². The van der Waals surface area contributed by atoms with Gasteiger partial charge in [0.25, 0.3) is 11.6 Å². The topological polar surface area (TPSA) is 81.5 Å². The Balaban J connectivity index is 1.54. The molecule has 1 amide bonds. The molecule has 26 heavy (non-hydrogen) atoms. The van der Waals surface area contributed by atoms with Crippen LogP contribution >= 0.6 is 11.6 Å². The SMILES string of the molecule is COC1(CNC(=O)c2cc(Cl)ccc2[N+](=O)[O-])C2CC3CC(C2)CC1C3. The van der Waals surface area contributed by atoms with E-state index in [2.05, 4.69) is 5.32 Å². The number of benzene rings is 1. The van der Waals surface area contributed by atoms with Crippen LogP contribution < -0.4 is 5.32 Å². The van der Waals surface area contributed by atoms with Gasteiger partial charge in [0.2, 0.25) is 0 Å². The molecule has 4 bridgehead atoms. The minimum atomic E-state index is -0.555. The number of nitrogens with one attached hydrogen (secondary N) is 1. The van der Waals surface area contributed by atoms with Crippen LogP contribution in [0.1, 0.15) is 42.5 Å². The zero-order valence-electron chi connectivity index (χ0n) is 14.7. The lowest BCUT2D eigenvalue weighted by Crippen LogP contribution is -2.63. The van der Waals surface area contributed by atoms with Gasteiger partial charge in [0.05, 0.1) is 10.5 Å². The molecular formula is C19H23ClN2O4. The number of methoxy groups -OCH3 is 1. The van der Waals surface area contributed by atoms with Crippen LogP contribution in [-0.2, 0) is 4.74 Å². The minimum Gasteiger partial charge on any atom is -0.376 e. The van der Waals surface area contributed by atoms with Crippen LogP contribution in [0.15, 0.2) is 18.2 Å². The minimum absolute atomic E-state index is 0.00225. The summed E-state index contributed by atoms with van der Waals surface area (Å²) in [5.41, 5.74) is -0.586. The first-order chi connectivity index (χ1) is 12.4. The van der Waals surface area contributed by atoms with Crippen molar-refractivity contribution >= 4 is 23.2 Å². The predicted octanol–water partition coefficient (Wildman–Crippen LogP) is 3.82. The number of rotatable bonds is 5. The highest BCUT2D eigenvalue weighted by atomic mass is 35.5. The highest BCUT2D eigenvalue weighted by Crippen LogP contribution is 2.59. The number of carbonyl (C=O) groups excluding carboxylic acids is 1. The molecule has 0 saturated heterocycles. The molecular weight excluding hydrogens is 356 g/mol. The third kappa shape index (κ3) is 2.79. The fourth-order valence-corrected chi connectivity index (χ4v) is 6.01. The van der Waals surface area contributed by atoms with Gasteiger partial charge >= 0.3 is 0 Å². The summed E-state index contributed by atoms with van der Waals surface area (Å²) in [5.74, 6) is 2.04. The van der Waals surface area contributed by atoms with Crippen LogP contribution in [0.3, 0.4) is 0 Å². The first kappa shape index (κ1) is 17.7. The number of hydrogen-bond donors (Lipinski definition) is 1. The molecule has 0 spiro atoms. The number of carbonyl (C=O) groups is 1. The predicted molar refractivity (Wildman–Crippen MR) is 97.2 cm³/mol. The average molecular weight is 379 g/mol. The summed E-state index contributed by atoms with van der Waals surface area (Å²) in [6, 6.07) is 4.04. The van der Waals surface area contributed by atoms with Crippen LogP contribution in [0, 0.1) is 33.8 Å². The quantitative estimate of drug-likeness (QED) is 0.623. The highest BCUT2D eigenvalue weighted by Gasteiger charge is 2.57. The number of hydrogen-bond acceptors (Lipinski definition) is 4. The zero-order valence-corrected chi connectivity index (χ0v) is 15.5. The van der Waals surface area contributed by atoms with E-state index in [0.717, 1.165) is 37.5 Å². The second-order valence-corrected chi connectivity index (χ2v) is 8.50. The molecule has 4 fully saturated rings. The van der Waals surface area contributed by atoms with Gasteiger partial charge in [0.15, 0.2) is 0 Å². The van der Waals surface area contributed by atoms with E-state index in [1.807, 2.05) is 0 Å². The highest BCUT2D eigenvalue weighted by molar-refractivity contribution is 6.31. The van der Waals surface area contributed by atoms with Crippen molar-refractivity contribution in [3.05, 3.63) is 38.9 Å². The van der Waals surface area contributed by atoms with Gasteiger partial charge in [-0.1, -0.05) is 11.6 Å². The van der Waals surface area contributed by atoms with Gasteiger partial charge in [-0.15, -0.1) is 0 Å². The van der Waals surface area contributed by atoms with Gasteiger partial charge in [-0.2, -0.15) is 0 Å². The molecule has 4 aliphatic rings. The van der Waals surface area contributed by atoms with Crippen molar-refractivity contribution < 1.29 is 14.5 Å². The van der Waals surface area contributed by atoms with E-state index in [1.54, 1.807) is 7.11 Å². The summed E-state index contributed by atoms with van der Waals surface area (Å²) < 4.78 is 6.03. The fraction of sp³-hybridized carbons (Fsp3) is 0.632. The maximum Gasteiger partial charge on any atom is 0.282 e. The summed E-state index contributed by atoms with van der Waals surface area (Å²) in [5, 5.41) is 14.4. The second-order valence-electron chi connectivity index (χ2n) is 8.06. The third-order valence-corrected chi connectivity index (χ3v) is 7.06. The monoisotopic (exact) mass is 378 g/mol. The van der Waals surface area contributed by atoms with E-state index in [1.165, 1.54) is 24.6 Å². The Kier molecular flexibility index (Phi) is 4.43. The Morgan fingerprint density at radius 2 is 1.88 bits per heavy atom. The number of nitrogens with zero attached hydrogens (tertiary/aromatic N) is 1. The molecule has 4 aliphatic carbocycles. The van der Waals surface area contributed by atoms with Gasteiger partial charge in [0, 0.05) is 24.7 Å². The van der Waals surface area contributed by atoms with Crippen LogP contribution in [-0.4, -0.2) is 30.1 Å². The summed E-state index contributed by atoms with van der Waals surface area (Å²) in [6.45, 7) is 0.390. The number of ether oxygens (including phenoxy) is 1. The molecule has 1 aromatic carbocycles. The Bertz CT molecular complexity index is 723. The van der Waals surface area contributed by atoms with E-state index in [4.69, 9.17) is 16.3 Å². The summed E-state index contributed by atoms with van der Waals surface area (Å²) >= 11 is 5.94. The smallest absolute Gasteiger partial charge is 0.282 e. The van der Waals surface area contributed by atoms with Gasteiger partial charge in [-0.3, -0.25) is 14.9 Å². The average Bonchev–Trinajstić information content (AvgIpc) is 2.60. The van der Waals surface area contributed by atoms with Crippen molar-refractivity contribution in [1.29, 1.82) is 0 Å². The molecule has 0 aromatic heterocycles. The van der Waals surface area contributed by atoms with Crippen molar-refractivity contribution in [2.24, 2.45) is 23.7 Å². The van der Waals surface area contributed by atoms with E-state index >= 15 is 0 Å². The Morgan fingerprint density at radius 3 is 2.42 bits per heavy atom. The molecule has 5 rings (SSSR count). The number of nitro groups is 1. The maximum absolute atomic E-state index is 12.7. The van der Waals surface area contributed by atoms with Crippen molar-refractivity contribution in [1.82, 2.24) is 5.32 Å². The van der Waals surface area contributed by atoms with Gasteiger partial charge in [-0.05, 0) is 67.9 Å². The summed E-state index contributed by atoms with van der Waals surface area (Å²) in [7, 11) is 1.73. The lowest BCUT2D eigenvalue weighted by atomic mass is 9.49. The van der Waals surface area contributed by atoms with Crippen molar-refractivity contribution in [3.63, 3.8) is 0 Å². The molecule has 0 radical (unpaired) electrons. The van der Waals surface area contributed by atoms with E-state index in [9.17, 15) is 14.9 Å². The largest absolute Gasteiger partial charge is 0.376 e. The molecule has 0 aliphatic heterocycles. The van der Waals surface area contributed by atoms with Crippen molar-refractivity contribution in [2.75, 3.05) is 13.7 Å². The fourth-order valence-electron chi connectivity index (χ4n) is 5.84. The first-order valence-corrected chi connectivity index (χ1v) is 9.58. The summed E-state index contributed by atoms with van der Waals surface area (Å²) in [6.07, 6.45) is 5.98. The lowest BCUT2D eigenvalue weighted by molar-refractivity contribution is -0.385. The Hall–Kier alpha value is -1.66. The number of amides is 1. The number of halogens is 1. The molecule has 0 atom stereocenters. The van der Waals surface area contributed by atoms with Crippen LogP contribution in [0.25, 0.3) is 0 Å². The molecule has 1 N–H and O–H groups in total. The summed E-state index contributed by atoms with van der Waals surface area (Å²) in [4.78, 5) is 23.4. The first-order valence-electron chi connectivity index (χ1n) is 9.20. The maximum atomic E-state index is 12.7. The lowest BCUT2D eigenvalue weighted by Gasteiger charge is -2.60. The molecule has 140 valence electrons. The normalized spacial score (nSPS) is 34.7. The van der Waals surface area contributed by atoms with Gasteiger partial charge in [0.1, 0.15) is 5.56 Å². The van der Waals surface area contributed by atoms with Crippen molar-refractivity contribution in [3.8, 4) is 0 Å². The van der Waals surface area contributed by atoms with Crippen LogP contribution in [0.5, 0.6) is 0 Å². The molecule has 1 aromatic rings. The van der Waals surface area contributed by atoms with E-state index in [-0.39, 0.29) is 16.9 Å². The van der Waals surface area contributed by atoms with Gasteiger partial charge in [-0.25, -0.2) is 0 Å². The number of nitro benzene ring substituents is 1. The second kappa shape index (κ2) is 6.50. The Labute approximate surface area is 157 Å². The molecule has 7 heteroatoms. The van der Waals surface area contributed by atoms with E-state index in [0.29, 0.717) is 23.4 Å². The van der Waals surface area contributed by atoms with E-state index < -0.39 is 10.8 Å². The third-order valence-electron chi connectivity index (χ3n) is 6.83. The molecule has 0 heterocycles. The molecule has 0 unspecified atom stereocenters. The standard InChI is InChI=1S/C19H23ClN2O4/c1-26-19(13-5-11-4-12(7-13)8-14(19)6-11)10-21-18(23)16-9-15(20)2-3-17(16)22(24)25/h2-3,9,11-14H,4-8,10H2,1H3,(H,21,23). The zero-order chi connectivity index (χ0) is 18.5.